The van der Waals surface area contributed by atoms with Crippen LogP contribution in [0, 0.1) is 0 Å². The summed E-state index contributed by atoms with van der Waals surface area (Å²) in [6.45, 7) is 4.68. The topological polar surface area (TPSA) is 90.4 Å². The number of carbonyl (C=O) groups is 1. The highest BCUT2D eigenvalue weighted by Gasteiger charge is 2.28. The van der Waals surface area contributed by atoms with Gasteiger partial charge in [-0.3, -0.25) is 4.79 Å². The predicted octanol–water partition coefficient (Wildman–Crippen LogP) is 1.07. The molecule has 3 N–H and O–H groups in total. The number of aromatic nitrogens is 1. The van der Waals surface area contributed by atoms with Gasteiger partial charge in [-0.2, -0.15) is 0 Å². The Morgan fingerprint density at radius 2 is 2.22 bits per heavy atom. The molecule has 0 saturated heterocycles. The third kappa shape index (κ3) is 3.30. The van der Waals surface area contributed by atoms with Crippen molar-refractivity contribution in [2.45, 2.75) is 38.8 Å². The van der Waals surface area contributed by atoms with Crippen molar-refractivity contribution in [1.82, 2.24) is 10.5 Å². The molecule has 0 radical (unpaired) electrons. The Hall–Kier alpha value is -1.40. The second kappa shape index (κ2) is 6.51. The number of rotatable bonds is 7. The lowest BCUT2D eigenvalue weighted by Gasteiger charge is -2.30. The first-order valence-electron chi connectivity index (χ1n) is 6.08. The van der Waals surface area contributed by atoms with Crippen molar-refractivity contribution < 1.29 is 14.1 Å². The number of methoxy groups -OCH3 is 1. The van der Waals surface area contributed by atoms with Crippen LogP contribution in [0.2, 0.25) is 0 Å². The lowest BCUT2D eigenvalue weighted by molar-refractivity contribution is 0.0885. The van der Waals surface area contributed by atoms with Crippen molar-refractivity contribution in [1.29, 1.82) is 0 Å². The van der Waals surface area contributed by atoms with Crippen LogP contribution in [0.15, 0.2) is 10.6 Å². The fraction of sp³-hybridized carbons (Fsp3) is 0.667. The molecule has 0 aliphatic carbocycles. The summed E-state index contributed by atoms with van der Waals surface area (Å²) in [5.74, 6) is 0.254. The number of carbonyl (C=O) groups excluding carboxylic acids is 1. The highest BCUT2D eigenvalue weighted by atomic mass is 16.5. The van der Waals surface area contributed by atoms with Gasteiger partial charge in [0.15, 0.2) is 11.5 Å². The Labute approximate surface area is 107 Å². The predicted molar refractivity (Wildman–Crippen MR) is 67.0 cm³/mol. The lowest BCUT2D eigenvalue weighted by atomic mass is 9.93. The van der Waals surface area contributed by atoms with Gasteiger partial charge in [-0.05, 0) is 12.8 Å². The molecule has 0 aliphatic rings. The number of hydrogen-bond donors (Lipinski definition) is 2. The Morgan fingerprint density at radius 3 is 2.72 bits per heavy atom. The molecule has 0 unspecified atom stereocenters. The maximum absolute atomic E-state index is 12.0. The zero-order valence-corrected chi connectivity index (χ0v) is 11.2. The Kier molecular flexibility index (Phi) is 5.30. The van der Waals surface area contributed by atoms with Crippen molar-refractivity contribution in [2.75, 3.05) is 13.7 Å². The summed E-state index contributed by atoms with van der Waals surface area (Å²) < 4.78 is 9.87. The van der Waals surface area contributed by atoms with Gasteiger partial charge in [0.05, 0.1) is 5.54 Å². The molecular weight excluding hydrogens is 234 g/mol. The third-order valence-electron chi connectivity index (χ3n) is 3.20. The molecule has 0 saturated carbocycles. The molecule has 1 rings (SSSR count). The molecule has 6 nitrogen and oxygen atoms in total. The molecule has 1 aromatic heterocycles. The van der Waals surface area contributed by atoms with Crippen molar-refractivity contribution in [3.63, 3.8) is 0 Å². The Balaban J connectivity index is 2.74. The summed E-state index contributed by atoms with van der Waals surface area (Å²) in [6, 6.07) is 1.57. The molecule has 1 aromatic rings. The van der Waals surface area contributed by atoms with E-state index in [1.54, 1.807) is 13.2 Å². The molecule has 0 aromatic carbocycles. The van der Waals surface area contributed by atoms with E-state index in [0.717, 1.165) is 12.8 Å². The largest absolute Gasteiger partial charge is 0.377 e. The molecule has 0 aliphatic heterocycles. The van der Waals surface area contributed by atoms with Crippen molar-refractivity contribution in [3.05, 3.63) is 17.5 Å². The number of hydrogen-bond acceptors (Lipinski definition) is 5. The smallest absolute Gasteiger partial charge is 0.273 e. The van der Waals surface area contributed by atoms with Gasteiger partial charge in [0, 0.05) is 19.7 Å². The van der Waals surface area contributed by atoms with Crippen LogP contribution in [-0.2, 0) is 11.3 Å². The number of nitrogens with two attached hydrogens (primary N) is 1. The maximum atomic E-state index is 12.0. The van der Waals surface area contributed by atoms with E-state index >= 15 is 0 Å². The van der Waals surface area contributed by atoms with E-state index in [-0.39, 0.29) is 17.1 Å². The van der Waals surface area contributed by atoms with Crippen LogP contribution in [0.1, 0.15) is 42.9 Å². The van der Waals surface area contributed by atoms with Crippen LogP contribution >= 0.6 is 0 Å². The van der Waals surface area contributed by atoms with Crippen LogP contribution in [0.4, 0.5) is 0 Å². The first-order valence-corrected chi connectivity index (χ1v) is 6.08. The van der Waals surface area contributed by atoms with Crippen LogP contribution in [-0.4, -0.2) is 30.3 Å². The molecule has 0 atom stereocenters. The minimum atomic E-state index is -0.378. The highest BCUT2D eigenvalue weighted by Crippen LogP contribution is 2.14. The van der Waals surface area contributed by atoms with Crippen molar-refractivity contribution >= 4 is 5.91 Å². The molecular formula is C12H21N3O3. The highest BCUT2D eigenvalue weighted by molar-refractivity contribution is 5.92. The van der Waals surface area contributed by atoms with Gasteiger partial charge in [-0.15, -0.1) is 0 Å². The minimum absolute atomic E-state index is 0.252. The molecule has 1 amide bonds. The summed E-state index contributed by atoms with van der Waals surface area (Å²) in [6.07, 6.45) is 1.54. The average molecular weight is 255 g/mol. The van der Waals surface area contributed by atoms with E-state index in [1.165, 1.54) is 0 Å². The van der Waals surface area contributed by atoms with E-state index in [4.69, 9.17) is 15.0 Å². The van der Waals surface area contributed by atoms with Crippen molar-refractivity contribution in [3.8, 4) is 0 Å². The standard InChI is InChI=1S/C12H21N3O3/c1-4-12(5-2,8-13)14-11(16)10-6-9(7-17-3)18-15-10/h6H,4-5,7-8,13H2,1-3H3,(H,14,16). The van der Waals surface area contributed by atoms with Gasteiger partial charge < -0.3 is 20.3 Å². The fourth-order valence-corrected chi connectivity index (χ4v) is 1.70. The first kappa shape index (κ1) is 14.7. The summed E-state index contributed by atoms with van der Waals surface area (Å²) in [5, 5.41) is 6.64. The second-order valence-corrected chi connectivity index (χ2v) is 4.26. The van der Waals surface area contributed by atoms with Crippen LogP contribution in [0.3, 0.4) is 0 Å². The lowest BCUT2D eigenvalue weighted by Crippen LogP contribution is -2.52. The second-order valence-electron chi connectivity index (χ2n) is 4.26. The van der Waals surface area contributed by atoms with Crippen molar-refractivity contribution in [2.24, 2.45) is 5.73 Å². The molecule has 0 fully saturated rings. The van der Waals surface area contributed by atoms with Crippen LogP contribution in [0.5, 0.6) is 0 Å². The Morgan fingerprint density at radius 1 is 1.56 bits per heavy atom. The molecule has 0 spiro atoms. The van der Waals surface area contributed by atoms with E-state index in [9.17, 15) is 4.79 Å². The zero-order chi connectivity index (χ0) is 13.6. The first-order chi connectivity index (χ1) is 8.60. The molecule has 18 heavy (non-hydrogen) atoms. The molecule has 0 bridgehead atoms. The molecule has 1 heterocycles. The maximum Gasteiger partial charge on any atom is 0.273 e. The fourth-order valence-electron chi connectivity index (χ4n) is 1.70. The summed E-state index contributed by atoms with van der Waals surface area (Å²) in [4.78, 5) is 12.0. The number of nitrogens with zero attached hydrogens (tertiary/aromatic N) is 1. The van der Waals surface area contributed by atoms with Crippen LogP contribution in [0.25, 0.3) is 0 Å². The van der Waals surface area contributed by atoms with Crippen LogP contribution < -0.4 is 11.1 Å². The van der Waals surface area contributed by atoms with E-state index in [1.807, 2.05) is 13.8 Å². The summed E-state index contributed by atoms with van der Waals surface area (Å²) in [7, 11) is 1.55. The summed E-state index contributed by atoms with van der Waals surface area (Å²) in [5.41, 5.74) is 5.60. The molecule has 102 valence electrons. The minimum Gasteiger partial charge on any atom is -0.377 e. The van der Waals surface area contributed by atoms with E-state index < -0.39 is 0 Å². The Bertz CT molecular complexity index is 377. The quantitative estimate of drug-likeness (QED) is 0.760. The zero-order valence-electron chi connectivity index (χ0n) is 11.2. The van der Waals surface area contributed by atoms with Gasteiger partial charge in [-0.25, -0.2) is 0 Å². The third-order valence-corrected chi connectivity index (χ3v) is 3.20. The number of nitrogens with one attached hydrogen (secondary N) is 1. The number of ether oxygens (including phenoxy) is 1. The average Bonchev–Trinajstić information content (AvgIpc) is 2.85. The SMILES string of the molecule is CCC(CC)(CN)NC(=O)c1cc(COC)on1. The number of amides is 1. The van der Waals surface area contributed by atoms with Gasteiger partial charge in [-0.1, -0.05) is 19.0 Å². The van der Waals surface area contributed by atoms with Gasteiger partial charge in [0.1, 0.15) is 6.61 Å². The van der Waals surface area contributed by atoms with Gasteiger partial charge >= 0.3 is 0 Å². The summed E-state index contributed by atoms with van der Waals surface area (Å²) >= 11 is 0. The molecule has 6 heteroatoms. The van der Waals surface area contributed by atoms with E-state index in [0.29, 0.717) is 18.9 Å². The van der Waals surface area contributed by atoms with Gasteiger partial charge in [0.25, 0.3) is 5.91 Å². The monoisotopic (exact) mass is 255 g/mol. The normalized spacial score (nSPS) is 11.6. The van der Waals surface area contributed by atoms with E-state index in [2.05, 4.69) is 10.5 Å². The van der Waals surface area contributed by atoms with Gasteiger partial charge in [0.2, 0.25) is 0 Å².